The number of methoxy groups -OCH3 is 1. The van der Waals surface area contributed by atoms with Crippen LogP contribution in [0.3, 0.4) is 0 Å². The van der Waals surface area contributed by atoms with Gasteiger partial charge in [-0.25, -0.2) is 5.43 Å². The maximum absolute atomic E-state index is 11.5. The summed E-state index contributed by atoms with van der Waals surface area (Å²) in [5.41, 5.74) is 3.08. The van der Waals surface area contributed by atoms with E-state index in [4.69, 9.17) is 27.9 Å². The Morgan fingerprint density at radius 2 is 2.15 bits per heavy atom. The maximum Gasteiger partial charge on any atom is 0.240 e. The van der Waals surface area contributed by atoms with Crippen LogP contribution in [0.15, 0.2) is 17.2 Å². The van der Waals surface area contributed by atoms with Crippen molar-refractivity contribution in [2.45, 2.75) is 32.6 Å². The van der Waals surface area contributed by atoms with Crippen LogP contribution in [0.2, 0.25) is 10.0 Å². The number of carbonyl (C=O) groups excluding carboxylic acids is 1. The molecule has 6 heteroatoms. The second kappa shape index (κ2) is 8.82. The zero-order valence-electron chi connectivity index (χ0n) is 11.6. The van der Waals surface area contributed by atoms with Gasteiger partial charge in [0.2, 0.25) is 5.91 Å². The first kappa shape index (κ1) is 16.8. The van der Waals surface area contributed by atoms with E-state index < -0.39 is 0 Å². The Balaban J connectivity index is 2.64. The van der Waals surface area contributed by atoms with Gasteiger partial charge in [-0.2, -0.15) is 5.10 Å². The maximum atomic E-state index is 11.5. The summed E-state index contributed by atoms with van der Waals surface area (Å²) in [7, 11) is 1.51. The van der Waals surface area contributed by atoms with E-state index in [1.54, 1.807) is 12.1 Å². The van der Waals surface area contributed by atoms with Gasteiger partial charge in [-0.15, -0.1) is 0 Å². The van der Waals surface area contributed by atoms with Crippen molar-refractivity contribution < 1.29 is 9.53 Å². The van der Waals surface area contributed by atoms with Crippen molar-refractivity contribution in [1.29, 1.82) is 0 Å². The number of hydrogen-bond acceptors (Lipinski definition) is 3. The Morgan fingerprint density at radius 1 is 1.40 bits per heavy atom. The predicted octanol–water partition coefficient (Wildman–Crippen LogP) is 4.03. The van der Waals surface area contributed by atoms with Gasteiger partial charge in [0.1, 0.15) is 5.75 Å². The molecule has 1 amide bonds. The van der Waals surface area contributed by atoms with Crippen LogP contribution in [0.5, 0.6) is 5.75 Å². The molecule has 0 spiro atoms. The van der Waals surface area contributed by atoms with Crippen LogP contribution in [0.25, 0.3) is 0 Å². The van der Waals surface area contributed by atoms with E-state index >= 15 is 0 Å². The molecule has 0 saturated heterocycles. The molecule has 1 aromatic carbocycles. The molecule has 0 atom stereocenters. The van der Waals surface area contributed by atoms with Crippen LogP contribution in [-0.4, -0.2) is 19.2 Å². The summed E-state index contributed by atoms with van der Waals surface area (Å²) in [4.78, 5) is 11.5. The summed E-state index contributed by atoms with van der Waals surface area (Å²) in [5.74, 6) is 0.363. The number of hydrogen-bond donors (Lipinski definition) is 1. The van der Waals surface area contributed by atoms with Gasteiger partial charge in [-0.3, -0.25) is 4.79 Å². The monoisotopic (exact) mass is 316 g/mol. The van der Waals surface area contributed by atoms with Gasteiger partial charge >= 0.3 is 0 Å². The fourth-order valence-electron chi connectivity index (χ4n) is 1.66. The van der Waals surface area contributed by atoms with Crippen molar-refractivity contribution in [2.75, 3.05) is 7.11 Å². The van der Waals surface area contributed by atoms with E-state index in [1.165, 1.54) is 13.3 Å². The molecule has 0 aliphatic carbocycles. The Labute approximate surface area is 129 Å². The number of halogens is 2. The van der Waals surface area contributed by atoms with Crippen molar-refractivity contribution in [1.82, 2.24) is 5.43 Å². The molecule has 0 saturated carbocycles. The second-order valence-corrected chi connectivity index (χ2v) is 5.10. The van der Waals surface area contributed by atoms with Crippen molar-refractivity contribution in [3.8, 4) is 5.75 Å². The summed E-state index contributed by atoms with van der Waals surface area (Å²) >= 11 is 11.9. The Kier molecular flexibility index (Phi) is 7.41. The minimum absolute atomic E-state index is 0.109. The molecule has 0 aromatic heterocycles. The fraction of sp³-hybridized carbons (Fsp3) is 0.429. The van der Waals surface area contributed by atoms with Gasteiger partial charge in [0, 0.05) is 17.0 Å². The number of carbonyl (C=O) groups is 1. The summed E-state index contributed by atoms with van der Waals surface area (Å²) in [6, 6.07) is 3.25. The van der Waals surface area contributed by atoms with E-state index in [0.717, 1.165) is 19.3 Å². The number of nitrogens with zero attached hydrogens (tertiary/aromatic N) is 1. The minimum Gasteiger partial charge on any atom is -0.495 e. The topological polar surface area (TPSA) is 50.7 Å². The van der Waals surface area contributed by atoms with Crippen LogP contribution in [0.4, 0.5) is 0 Å². The molecule has 20 heavy (non-hydrogen) atoms. The van der Waals surface area contributed by atoms with Crippen LogP contribution in [-0.2, 0) is 4.79 Å². The highest BCUT2D eigenvalue weighted by Crippen LogP contribution is 2.30. The third kappa shape index (κ3) is 5.39. The minimum atomic E-state index is -0.109. The van der Waals surface area contributed by atoms with Crippen LogP contribution in [0.1, 0.15) is 38.2 Å². The lowest BCUT2D eigenvalue weighted by molar-refractivity contribution is -0.121. The number of hydrazone groups is 1. The van der Waals surface area contributed by atoms with Crippen LogP contribution < -0.4 is 10.2 Å². The Hall–Kier alpha value is -1.26. The zero-order chi connectivity index (χ0) is 15.0. The molecule has 0 aliphatic rings. The van der Waals surface area contributed by atoms with Gasteiger partial charge in [0.05, 0.1) is 18.3 Å². The molecule has 0 bridgehead atoms. The van der Waals surface area contributed by atoms with E-state index in [0.29, 0.717) is 27.8 Å². The SMILES string of the molecule is CCCCCC(=O)NN=Cc1cc(Cl)cc(Cl)c1OC. The highest BCUT2D eigenvalue weighted by Gasteiger charge is 2.08. The summed E-state index contributed by atoms with van der Waals surface area (Å²) in [5, 5.41) is 4.77. The molecule has 0 aliphatic heterocycles. The first-order valence-electron chi connectivity index (χ1n) is 6.43. The smallest absolute Gasteiger partial charge is 0.240 e. The van der Waals surface area contributed by atoms with Gasteiger partial charge < -0.3 is 4.74 Å². The molecule has 1 rings (SSSR count). The molecular weight excluding hydrogens is 299 g/mol. The normalized spacial score (nSPS) is 10.8. The fourth-order valence-corrected chi connectivity index (χ4v) is 2.24. The van der Waals surface area contributed by atoms with Crippen molar-refractivity contribution >= 4 is 35.3 Å². The Bertz CT molecular complexity index is 490. The lowest BCUT2D eigenvalue weighted by Gasteiger charge is -2.07. The van der Waals surface area contributed by atoms with Gasteiger partial charge in [-0.1, -0.05) is 43.0 Å². The van der Waals surface area contributed by atoms with Crippen molar-refractivity contribution in [3.05, 3.63) is 27.7 Å². The third-order valence-corrected chi connectivity index (χ3v) is 3.14. The number of ether oxygens (including phenoxy) is 1. The van der Waals surface area contributed by atoms with E-state index in [-0.39, 0.29) is 5.91 Å². The average molecular weight is 317 g/mol. The standard InChI is InChI=1S/C14H18Cl2N2O2/c1-3-4-5-6-13(19)18-17-9-10-7-11(15)8-12(16)14(10)20-2/h7-9H,3-6H2,1-2H3,(H,18,19). The molecule has 0 unspecified atom stereocenters. The first-order valence-corrected chi connectivity index (χ1v) is 7.19. The molecule has 4 nitrogen and oxygen atoms in total. The lowest BCUT2D eigenvalue weighted by Crippen LogP contribution is -2.16. The van der Waals surface area contributed by atoms with Gasteiger partial charge in [-0.05, 0) is 18.6 Å². The molecule has 0 radical (unpaired) electrons. The average Bonchev–Trinajstić information content (AvgIpc) is 2.38. The van der Waals surface area contributed by atoms with Crippen molar-refractivity contribution in [2.24, 2.45) is 5.10 Å². The molecular formula is C14H18Cl2N2O2. The second-order valence-electron chi connectivity index (χ2n) is 4.26. The van der Waals surface area contributed by atoms with E-state index in [1.807, 2.05) is 0 Å². The number of amides is 1. The number of nitrogens with one attached hydrogen (secondary N) is 1. The number of rotatable bonds is 7. The number of unbranched alkanes of at least 4 members (excludes halogenated alkanes) is 2. The van der Waals surface area contributed by atoms with E-state index in [9.17, 15) is 4.79 Å². The van der Waals surface area contributed by atoms with Gasteiger partial charge in [0.25, 0.3) is 0 Å². The molecule has 0 fully saturated rings. The molecule has 1 aromatic rings. The van der Waals surface area contributed by atoms with Crippen molar-refractivity contribution in [3.63, 3.8) is 0 Å². The molecule has 0 heterocycles. The highest BCUT2D eigenvalue weighted by atomic mass is 35.5. The van der Waals surface area contributed by atoms with Crippen LogP contribution in [0, 0.1) is 0 Å². The third-order valence-electron chi connectivity index (χ3n) is 2.64. The first-order chi connectivity index (χ1) is 9.58. The molecule has 110 valence electrons. The summed E-state index contributed by atoms with van der Waals surface area (Å²) in [6.07, 6.45) is 4.92. The highest BCUT2D eigenvalue weighted by molar-refractivity contribution is 6.36. The molecule has 1 N–H and O–H groups in total. The summed E-state index contributed by atoms with van der Waals surface area (Å²) in [6.45, 7) is 2.09. The largest absolute Gasteiger partial charge is 0.495 e. The van der Waals surface area contributed by atoms with Gasteiger partial charge in [0.15, 0.2) is 0 Å². The number of benzene rings is 1. The van der Waals surface area contributed by atoms with E-state index in [2.05, 4.69) is 17.5 Å². The predicted molar refractivity (Wildman–Crippen MR) is 82.9 cm³/mol. The summed E-state index contributed by atoms with van der Waals surface area (Å²) < 4.78 is 5.17. The lowest BCUT2D eigenvalue weighted by atomic mass is 10.2. The zero-order valence-corrected chi connectivity index (χ0v) is 13.1. The quantitative estimate of drug-likeness (QED) is 0.469. The Morgan fingerprint density at radius 3 is 2.80 bits per heavy atom. The van der Waals surface area contributed by atoms with Crippen LogP contribution >= 0.6 is 23.2 Å².